The Morgan fingerprint density at radius 1 is 1.00 bits per heavy atom. The molecule has 0 aliphatic carbocycles. The van der Waals surface area contributed by atoms with Gasteiger partial charge >= 0.3 is 0 Å². The third-order valence-corrected chi connectivity index (χ3v) is 3.91. The maximum absolute atomic E-state index is 12.9. The molecular weight excluding hydrogens is 280 g/mol. The quantitative estimate of drug-likeness (QED) is 0.798. The van der Waals surface area contributed by atoms with Gasteiger partial charge in [0.25, 0.3) is 0 Å². The fourth-order valence-corrected chi connectivity index (χ4v) is 2.66. The highest BCUT2D eigenvalue weighted by atomic mass is 35.5. The van der Waals surface area contributed by atoms with Gasteiger partial charge in [-0.3, -0.25) is 0 Å². The molecule has 88 valence electrons. The molecule has 0 spiro atoms. The molecule has 2 aromatic carbocycles. The first kappa shape index (κ1) is 12.6. The molecule has 2 rings (SSSR count). The molecule has 2 N–H and O–H groups in total. The number of halogens is 3. The number of hydrogen-bond donors (Lipinski definition) is 1. The standard InChI is InChI=1S/C12H8Cl2FNS/c13-7-1-3-9(14)12(5-7)17-11-4-2-8(15)6-10(11)16/h1-6H,16H2. The Balaban J connectivity index is 2.34. The smallest absolute Gasteiger partial charge is 0.125 e. The van der Waals surface area contributed by atoms with E-state index in [9.17, 15) is 4.39 Å². The van der Waals surface area contributed by atoms with Crippen molar-refractivity contribution in [3.05, 3.63) is 52.3 Å². The number of rotatable bonds is 2. The van der Waals surface area contributed by atoms with E-state index in [4.69, 9.17) is 28.9 Å². The summed E-state index contributed by atoms with van der Waals surface area (Å²) in [6, 6.07) is 9.43. The van der Waals surface area contributed by atoms with E-state index in [0.29, 0.717) is 15.7 Å². The Morgan fingerprint density at radius 3 is 2.47 bits per heavy atom. The van der Waals surface area contributed by atoms with E-state index in [2.05, 4.69) is 0 Å². The van der Waals surface area contributed by atoms with Gasteiger partial charge in [0.15, 0.2) is 0 Å². The first-order valence-electron chi connectivity index (χ1n) is 4.74. The molecule has 1 nitrogen and oxygen atoms in total. The maximum Gasteiger partial charge on any atom is 0.125 e. The topological polar surface area (TPSA) is 26.0 Å². The fraction of sp³-hybridized carbons (Fsp3) is 0. The molecule has 0 aliphatic heterocycles. The molecule has 0 radical (unpaired) electrons. The molecule has 0 bridgehead atoms. The summed E-state index contributed by atoms with van der Waals surface area (Å²) in [5, 5.41) is 1.18. The summed E-state index contributed by atoms with van der Waals surface area (Å²) in [4.78, 5) is 1.54. The van der Waals surface area contributed by atoms with Crippen LogP contribution >= 0.6 is 35.0 Å². The van der Waals surface area contributed by atoms with Crippen LogP contribution in [0.15, 0.2) is 46.2 Å². The van der Waals surface area contributed by atoms with Crippen LogP contribution in [0.2, 0.25) is 10.0 Å². The van der Waals surface area contributed by atoms with Gasteiger partial charge in [0.1, 0.15) is 5.82 Å². The van der Waals surface area contributed by atoms with Crippen LogP contribution in [0, 0.1) is 5.82 Å². The highest BCUT2D eigenvalue weighted by Crippen LogP contribution is 2.37. The van der Waals surface area contributed by atoms with Crippen molar-refractivity contribution in [3.63, 3.8) is 0 Å². The Morgan fingerprint density at radius 2 is 1.76 bits per heavy atom. The van der Waals surface area contributed by atoms with E-state index in [1.165, 1.54) is 23.9 Å². The number of hydrogen-bond acceptors (Lipinski definition) is 2. The van der Waals surface area contributed by atoms with Crippen LogP contribution in [-0.4, -0.2) is 0 Å². The third kappa shape index (κ3) is 3.06. The number of anilines is 1. The summed E-state index contributed by atoms with van der Waals surface area (Å²) in [6.45, 7) is 0. The highest BCUT2D eigenvalue weighted by Gasteiger charge is 2.07. The van der Waals surface area contributed by atoms with Crippen LogP contribution in [0.1, 0.15) is 0 Å². The molecule has 0 amide bonds. The van der Waals surface area contributed by atoms with Gasteiger partial charge in [-0.25, -0.2) is 4.39 Å². The molecule has 2 aromatic rings. The summed E-state index contributed by atoms with van der Waals surface area (Å²) < 4.78 is 12.9. The van der Waals surface area contributed by atoms with Crippen LogP contribution in [0.5, 0.6) is 0 Å². The monoisotopic (exact) mass is 287 g/mol. The van der Waals surface area contributed by atoms with E-state index >= 15 is 0 Å². The van der Waals surface area contributed by atoms with Crippen LogP contribution in [0.3, 0.4) is 0 Å². The largest absolute Gasteiger partial charge is 0.398 e. The minimum atomic E-state index is -0.357. The average molecular weight is 288 g/mol. The second-order valence-electron chi connectivity index (χ2n) is 3.36. The van der Waals surface area contributed by atoms with E-state index < -0.39 is 0 Å². The molecule has 0 saturated heterocycles. The summed E-state index contributed by atoms with van der Waals surface area (Å²) in [5.74, 6) is -0.357. The van der Waals surface area contributed by atoms with E-state index in [0.717, 1.165) is 9.79 Å². The van der Waals surface area contributed by atoms with E-state index in [-0.39, 0.29) is 5.82 Å². The molecule has 0 unspecified atom stereocenters. The SMILES string of the molecule is Nc1cc(F)ccc1Sc1cc(Cl)ccc1Cl. The average Bonchev–Trinajstić information content (AvgIpc) is 2.27. The predicted octanol–water partition coefficient (Wildman–Crippen LogP) is 4.87. The molecule has 0 saturated carbocycles. The third-order valence-electron chi connectivity index (χ3n) is 2.08. The minimum Gasteiger partial charge on any atom is -0.398 e. The molecule has 0 heterocycles. The van der Waals surface area contributed by atoms with Crippen molar-refractivity contribution in [1.29, 1.82) is 0 Å². The minimum absolute atomic E-state index is 0.357. The van der Waals surface area contributed by atoms with Crippen molar-refractivity contribution in [1.82, 2.24) is 0 Å². The van der Waals surface area contributed by atoms with Gasteiger partial charge in [-0.1, -0.05) is 35.0 Å². The molecule has 0 aromatic heterocycles. The van der Waals surface area contributed by atoms with Crippen molar-refractivity contribution in [2.45, 2.75) is 9.79 Å². The zero-order valence-electron chi connectivity index (χ0n) is 8.58. The lowest BCUT2D eigenvalue weighted by molar-refractivity contribution is 0.627. The number of nitrogens with two attached hydrogens (primary N) is 1. The van der Waals surface area contributed by atoms with Gasteiger partial charge < -0.3 is 5.73 Å². The Kier molecular flexibility index (Phi) is 3.82. The lowest BCUT2D eigenvalue weighted by Crippen LogP contribution is -1.89. The first-order chi connectivity index (χ1) is 8.06. The van der Waals surface area contributed by atoms with Crippen molar-refractivity contribution in [3.8, 4) is 0 Å². The van der Waals surface area contributed by atoms with Gasteiger partial charge in [-0.2, -0.15) is 0 Å². The zero-order valence-corrected chi connectivity index (χ0v) is 10.9. The summed E-state index contributed by atoms with van der Waals surface area (Å²) in [5.41, 5.74) is 6.10. The second-order valence-corrected chi connectivity index (χ2v) is 5.29. The summed E-state index contributed by atoms with van der Waals surface area (Å²) in [7, 11) is 0. The molecular formula is C12H8Cl2FNS. The van der Waals surface area contributed by atoms with Crippen molar-refractivity contribution in [2.24, 2.45) is 0 Å². The van der Waals surface area contributed by atoms with E-state index in [1.54, 1.807) is 24.3 Å². The molecule has 5 heteroatoms. The Bertz CT molecular complexity index is 560. The number of nitrogen functional groups attached to an aromatic ring is 1. The van der Waals surface area contributed by atoms with Crippen LogP contribution < -0.4 is 5.73 Å². The Hall–Kier alpha value is -0.900. The summed E-state index contributed by atoms with van der Waals surface area (Å²) >= 11 is 13.3. The lowest BCUT2D eigenvalue weighted by Gasteiger charge is -2.07. The molecule has 0 aliphatic rings. The van der Waals surface area contributed by atoms with Gasteiger partial charge in [-0.05, 0) is 36.4 Å². The van der Waals surface area contributed by atoms with Gasteiger partial charge in [0.2, 0.25) is 0 Å². The van der Waals surface area contributed by atoms with Crippen LogP contribution in [-0.2, 0) is 0 Å². The van der Waals surface area contributed by atoms with Gasteiger partial charge in [0, 0.05) is 20.5 Å². The van der Waals surface area contributed by atoms with Crippen molar-refractivity contribution in [2.75, 3.05) is 5.73 Å². The molecule has 0 fully saturated rings. The predicted molar refractivity (Wildman–Crippen MR) is 71.4 cm³/mol. The summed E-state index contributed by atoms with van der Waals surface area (Å²) in [6.07, 6.45) is 0. The lowest BCUT2D eigenvalue weighted by atomic mass is 10.3. The maximum atomic E-state index is 12.9. The first-order valence-corrected chi connectivity index (χ1v) is 6.31. The molecule has 0 atom stereocenters. The fourth-order valence-electron chi connectivity index (χ4n) is 1.29. The normalized spacial score (nSPS) is 10.5. The van der Waals surface area contributed by atoms with E-state index in [1.807, 2.05) is 0 Å². The van der Waals surface area contributed by atoms with Gasteiger partial charge in [-0.15, -0.1) is 0 Å². The molecule has 17 heavy (non-hydrogen) atoms. The number of benzene rings is 2. The second kappa shape index (κ2) is 5.17. The van der Waals surface area contributed by atoms with Crippen LogP contribution in [0.4, 0.5) is 10.1 Å². The van der Waals surface area contributed by atoms with Crippen molar-refractivity contribution < 1.29 is 4.39 Å². The van der Waals surface area contributed by atoms with Crippen LogP contribution in [0.25, 0.3) is 0 Å². The van der Waals surface area contributed by atoms with Crippen molar-refractivity contribution >= 4 is 40.7 Å². The highest BCUT2D eigenvalue weighted by molar-refractivity contribution is 7.99. The Labute approximate surface area is 113 Å². The zero-order chi connectivity index (χ0) is 12.4. The van der Waals surface area contributed by atoms with Gasteiger partial charge in [0.05, 0.1) is 5.02 Å².